The van der Waals surface area contributed by atoms with Gasteiger partial charge >= 0.3 is 18.3 Å². The second-order valence-corrected chi connectivity index (χ2v) is 7.04. The number of methoxy groups -OCH3 is 2. The molecule has 0 unspecified atom stereocenters. The SMILES string of the molecule is COC(=O)C1=C(C(=O)OC)N(c2cc(OC(F)(F)F)cc(Br)c2I)C=CC=C1. The van der Waals surface area contributed by atoms with Gasteiger partial charge in [0.2, 0.25) is 0 Å². The van der Waals surface area contributed by atoms with E-state index in [-0.39, 0.29) is 17.0 Å². The van der Waals surface area contributed by atoms with Crippen LogP contribution in [0.15, 0.2) is 52.3 Å². The van der Waals surface area contributed by atoms with E-state index in [0.29, 0.717) is 8.04 Å². The van der Waals surface area contributed by atoms with Crippen molar-refractivity contribution >= 4 is 56.1 Å². The Labute approximate surface area is 179 Å². The van der Waals surface area contributed by atoms with E-state index < -0.39 is 24.1 Å². The summed E-state index contributed by atoms with van der Waals surface area (Å²) in [5, 5.41) is 0. The number of carbonyl (C=O) groups excluding carboxylic acids is 2. The molecule has 1 aliphatic heterocycles. The molecule has 0 saturated carbocycles. The molecule has 0 N–H and O–H groups in total. The van der Waals surface area contributed by atoms with Gasteiger partial charge in [0.05, 0.1) is 29.1 Å². The van der Waals surface area contributed by atoms with E-state index in [1.807, 2.05) is 22.6 Å². The highest BCUT2D eigenvalue weighted by Gasteiger charge is 2.33. The van der Waals surface area contributed by atoms with Gasteiger partial charge in [-0.3, -0.25) is 0 Å². The molecule has 0 amide bonds. The fourth-order valence-electron chi connectivity index (χ4n) is 2.27. The van der Waals surface area contributed by atoms with Gasteiger partial charge in [-0.1, -0.05) is 6.08 Å². The van der Waals surface area contributed by atoms with Crippen molar-refractivity contribution in [3.63, 3.8) is 0 Å². The van der Waals surface area contributed by atoms with Crippen LogP contribution in [-0.2, 0) is 19.1 Å². The molecule has 0 fully saturated rings. The summed E-state index contributed by atoms with van der Waals surface area (Å²) >= 11 is 5.06. The van der Waals surface area contributed by atoms with Crippen LogP contribution in [0.5, 0.6) is 5.75 Å². The zero-order valence-electron chi connectivity index (χ0n) is 14.3. The van der Waals surface area contributed by atoms with E-state index in [0.717, 1.165) is 26.4 Å². The molecule has 0 bridgehead atoms. The number of hydrogen-bond donors (Lipinski definition) is 0. The molecule has 6 nitrogen and oxygen atoms in total. The number of ether oxygens (including phenoxy) is 3. The maximum atomic E-state index is 12.7. The molecule has 0 spiro atoms. The van der Waals surface area contributed by atoms with Gasteiger partial charge in [-0.25, -0.2) is 9.59 Å². The molecule has 1 aliphatic rings. The first kappa shape index (κ1) is 22.3. The molecular formula is C17H12BrF3INO5. The molecule has 0 aliphatic carbocycles. The summed E-state index contributed by atoms with van der Waals surface area (Å²) in [7, 11) is 2.25. The van der Waals surface area contributed by atoms with Crippen LogP contribution in [0.1, 0.15) is 0 Å². The number of allylic oxidation sites excluding steroid dienone is 2. The zero-order chi connectivity index (χ0) is 21.1. The quantitative estimate of drug-likeness (QED) is 0.392. The van der Waals surface area contributed by atoms with Crippen LogP contribution in [0.2, 0.25) is 0 Å². The largest absolute Gasteiger partial charge is 0.573 e. The van der Waals surface area contributed by atoms with Crippen molar-refractivity contribution in [3.05, 3.63) is 55.9 Å². The molecule has 2 rings (SSSR count). The van der Waals surface area contributed by atoms with Crippen LogP contribution in [0, 0.1) is 3.57 Å². The number of nitrogens with zero attached hydrogens (tertiary/aromatic N) is 1. The van der Waals surface area contributed by atoms with Gasteiger partial charge in [0, 0.05) is 16.7 Å². The summed E-state index contributed by atoms with van der Waals surface area (Å²) in [5.74, 6) is -2.21. The van der Waals surface area contributed by atoms with E-state index in [1.165, 1.54) is 29.3 Å². The van der Waals surface area contributed by atoms with Crippen LogP contribution >= 0.6 is 38.5 Å². The van der Waals surface area contributed by atoms with Crippen LogP contribution in [0.3, 0.4) is 0 Å². The third-order valence-electron chi connectivity index (χ3n) is 3.36. The third kappa shape index (κ3) is 5.07. The van der Waals surface area contributed by atoms with Crippen LogP contribution in [-0.4, -0.2) is 32.5 Å². The average molecular weight is 574 g/mol. The lowest BCUT2D eigenvalue weighted by Crippen LogP contribution is -2.27. The Balaban J connectivity index is 2.72. The third-order valence-corrected chi connectivity index (χ3v) is 5.87. The highest BCUT2D eigenvalue weighted by molar-refractivity contribution is 14.1. The summed E-state index contributed by atoms with van der Waals surface area (Å²) in [5.41, 5.74) is -0.210. The van der Waals surface area contributed by atoms with Gasteiger partial charge in [0.15, 0.2) is 0 Å². The van der Waals surface area contributed by atoms with Gasteiger partial charge in [-0.2, -0.15) is 0 Å². The summed E-state index contributed by atoms with van der Waals surface area (Å²) in [6, 6.07) is 2.23. The molecule has 1 heterocycles. The van der Waals surface area contributed by atoms with Crippen molar-refractivity contribution in [1.29, 1.82) is 0 Å². The first-order valence-electron chi connectivity index (χ1n) is 7.38. The molecule has 150 valence electrons. The number of esters is 2. The van der Waals surface area contributed by atoms with Crippen molar-refractivity contribution in [2.45, 2.75) is 6.36 Å². The number of carbonyl (C=O) groups is 2. The fraction of sp³-hybridized carbons (Fsp3) is 0.176. The second kappa shape index (κ2) is 8.99. The smallest absolute Gasteiger partial charge is 0.465 e. The van der Waals surface area contributed by atoms with Gasteiger partial charge < -0.3 is 19.1 Å². The first-order chi connectivity index (χ1) is 13.1. The molecular weight excluding hydrogens is 562 g/mol. The first-order valence-corrected chi connectivity index (χ1v) is 9.26. The average Bonchev–Trinajstić information content (AvgIpc) is 2.84. The lowest BCUT2D eigenvalue weighted by molar-refractivity contribution is -0.274. The number of hydrogen-bond acceptors (Lipinski definition) is 6. The van der Waals surface area contributed by atoms with E-state index in [2.05, 4.69) is 20.7 Å². The molecule has 11 heteroatoms. The monoisotopic (exact) mass is 573 g/mol. The van der Waals surface area contributed by atoms with Crippen molar-refractivity contribution < 1.29 is 37.0 Å². The topological polar surface area (TPSA) is 65.1 Å². The van der Waals surface area contributed by atoms with Gasteiger partial charge in [0.25, 0.3) is 0 Å². The Morgan fingerprint density at radius 2 is 1.75 bits per heavy atom. The number of benzene rings is 1. The summed E-state index contributed by atoms with van der Waals surface area (Å²) < 4.78 is 52.2. The van der Waals surface area contributed by atoms with E-state index in [4.69, 9.17) is 9.47 Å². The normalized spacial score (nSPS) is 14.0. The Morgan fingerprint density at radius 1 is 1.11 bits per heavy atom. The number of alkyl halides is 3. The second-order valence-electron chi connectivity index (χ2n) is 5.10. The summed E-state index contributed by atoms with van der Waals surface area (Å²) in [4.78, 5) is 25.8. The van der Waals surface area contributed by atoms with Crippen LogP contribution in [0.25, 0.3) is 0 Å². The molecule has 28 heavy (non-hydrogen) atoms. The summed E-state index contributed by atoms with van der Waals surface area (Å²) in [6.45, 7) is 0. The van der Waals surface area contributed by atoms with E-state index in [1.54, 1.807) is 0 Å². The predicted octanol–water partition coefficient (Wildman–Crippen LogP) is 4.44. The molecule has 0 saturated heterocycles. The minimum Gasteiger partial charge on any atom is -0.465 e. The van der Waals surface area contributed by atoms with Gasteiger partial charge in [0.1, 0.15) is 11.4 Å². The van der Waals surface area contributed by atoms with Crippen molar-refractivity contribution in [3.8, 4) is 5.75 Å². The highest BCUT2D eigenvalue weighted by Crippen LogP contribution is 2.39. The van der Waals surface area contributed by atoms with Gasteiger partial charge in [-0.05, 0) is 56.7 Å². The van der Waals surface area contributed by atoms with Crippen molar-refractivity contribution in [1.82, 2.24) is 0 Å². The minimum absolute atomic E-state index is 0.131. The number of rotatable bonds is 4. The minimum atomic E-state index is -4.90. The van der Waals surface area contributed by atoms with Gasteiger partial charge in [-0.15, -0.1) is 13.2 Å². The molecule has 0 radical (unpaired) electrons. The standard InChI is InChI=1S/C17H12BrF3INO5/c1-26-15(24)10-5-3-4-6-23(14(10)16(25)27-2)12-8-9(28-17(19,20)21)7-11(18)13(12)22/h3-8H,1-2H3. The fourth-order valence-corrected chi connectivity index (χ4v) is 3.27. The van der Waals surface area contributed by atoms with Crippen molar-refractivity contribution in [2.24, 2.45) is 0 Å². The number of anilines is 1. The Morgan fingerprint density at radius 3 is 2.32 bits per heavy atom. The lowest BCUT2D eigenvalue weighted by Gasteiger charge is -2.25. The maximum absolute atomic E-state index is 12.7. The summed E-state index contributed by atoms with van der Waals surface area (Å²) in [6.07, 6.45) is 0.817. The van der Waals surface area contributed by atoms with Crippen LogP contribution in [0.4, 0.5) is 18.9 Å². The Kier molecular flexibility index (Phi) is 7.15. The molecule has 1 aromatic carbocycles. The van der Waals surface area contributed by atoms with E-state index >= 15 is 0 Å². The van der Waals surface area contributed by atoms with E-state index in [9.17, 15) is 22.8 Å². The molecule has 0 atom stereocenters. The van der Waals surface area contributed by atoms with Crippen LogP contribution < -0.4 is 9.64 Å². The predicted molar refractivity (Wildman–Crippen MR) is 105 cm³/mol. The lowest BCUT2D eigenvalue weighted by atomic mass is 10.1. The Bertz CT molecular complexity index is 896. The molecule has 0 aromatic heterocycles. The number of halogens is 5. The zero-order valence-corrected chi connectivity index (χ0v) is 18.1. The Hall–Kier alpha value is -2.02. The highest BCUT2D eigenvalue weighted by atomic mass is 127. The maximum Gasteiger partial charge on any atom is 0.573 e. The van der Waals surface area contributed by atoms with Crippen molar-refractivity contribution in [2.75, 3.05) is 19.1 Å². The molecule has 1 aromatic rings.